The second kappa shape index (κ2) is 5.70. The first-order chi connectivity index (χ1) is 6.79. The van der Waals surface area contributed by atoms with E-state index in [0.717, 1.165) is 0 Å². The second-order valence-corrected chi connectivity index (χ2v) is 4.53. The second-order valence-electron chi connectivity index (χ2n) is 4.53. The average Bonchev–Trinajstić information content (AvgIpc) is 2.08. The summed E-state index contributed by atoms with van der Waals surface area (Å²) in [6.07, 6.45) is -0.0567. The lowest BCUT2D eigenvalue weighted by atomic mass is 9.78. The van der Waals surface area contributed by atoms with Crippen LogP contribution in [0.4, 0.5) is 0 Å². The molecule has 0 fully saturated rings. The van der Waals surface area contributed by atoms with Gasteiger partial charge in [0.05, 0.1) is 12.5 Å². The van der Waals surface area contributed by atoms with Gasteiger partial charge in [-0.15, -0.1) is 0 Å². The first-order valence-electron chi connectivity index (χ1n) is 4.89. The number of nitrogens with one attached hydrogen (secondary N) is 1. The van der Waals surface area contributed by atoms with Crippen LogP contribution < -0.4 is 5.32 Å². The van der Waals surface area contributed by atoms with Gasteiger partial charge >= 0.3 is 5.97 Å². The molecule has 0 aromatic carbocycles. The van der Waals surface area contributed by atoms with Gasteiger partial charge in [0.2, 0.25) is 5.91 Å². The largest absolute Gasteiger partial charge is 0.481 e. The zero-order valence-electron chi connectivity index (χ0n) is 9.41. The molecule has 5 nitrogen and oxygen atoms in total. The number of carboxylic acids is 1. The Hall–Kier alpha value is -1.10. The molecule has 5 heteroatoms. The van der Waals surface area contributed by atoms with Crippen LogP contribution in [-0.2, 0) is 9.59 Å². The van der Waals surface area contributed by atoms with Gasteiger partial charge in [0.25, 0.3) is 0 Å². The molecule has 0 saturated heterocycles. The van der Waals surface area contributed by atoms with E-state index in [1.54, 1.807) is 20.8 Å². The number of carbonyl (C=O) groups is 2. The molecule has 0 aliphatic rings. The highest BCUT2D eigenvalue weighted by molar-refractivity contribution is 5.82. The van der Waals surface area contributed by atoms with Crippen molar-refractivity contribution in [2.24, 2.45) is 11.3 Å². The van der Waals surface area contributed by atoms with Crippen molar-refractivity contribution in [3.05, 3.63) is 0 Å². The van der Waals surface area contributed by atoms with Crippen LogP contribution in [0.15, 0.2) is 0 Å². The van der Waals surface area contributed by atoms with Gasteiger partial charge in [-0.2, -0.15) is 0 Å². The lowest BCUT2D eigenvalue weighted by Gasteiger charge is -2.26. The molecule has 1 unspecified atom stereocenters. The number of aliphatic carboxylic acids is 1. The minimum absolute atomic E-state index is 0.0567. The van der Waals surface area contributed by atoms with E-state index in [4.69, 9.17) is 10.2 Å². The van der Waals surface area contributed by atoms with Gasteiger partial charge in [-0.1, -0.05) is 20.8 Å². The maximum absolute atomic E-state index is 11.3. The smallest absolute Gasteiger partial charge is 0.307 e. The molecule has 15 heavy (non-hydrogen) atoms. The summed E-state index contributed by atoms with van der Waals surface area (Å²) in [6.45, 7) is 5.37. The summed E-state index contributed by atoms with van der Waals surface area (Å²) in [4.78, 5) is 22.2. The van der Waals surface area contributed by atoms with E-state index in [1.165, 1.54) is 0 Å². The fourth-order valence-corrected chi connectivity index (χ4v) is 1.22. The Kier molecular flexibility index (Phi) is 5.28. The van der Waals surface area contributed by atoms with E-state index >= 15 is 0 Å². The van der Waals surface area contributed by atoms with Crippen LogP contribution in [0.25, 0.3) is 0 Å². The number of hydrogen-bond acceptors (Lipinski definition) is 3. The Balaban J connectivity index is 4.31. The van der Waals surface area contributed by atoms with Crippen molar-refractivity contribution >= 4 is 11.9 Å². The third-order valence-electron chi connectivity index (χ3n) is 2.17. The van der Waals surface area contributed by atoms with Gasteiger partial charge in [-0.3, -0.25) is 9.59 Å². The molecular weight excluding hydrogens is 198 g/mol. The average molecular weight is 217 g/mol. The molecule has 0 aromatic heterocycles. The fourth-order valence-electron chi connectivity index (χ4n) is 1.22. The first kappa shape index (κ1) is 13.9. The highest BCUT2D eigenvalue weighted by Gasteiger charge is 2.32. The van der Waals surface area contributed by atoms with E-state index in [-0.39, 0.29) is 25.5 Å². The fraction of sp³-hybridized carbons (Fsp3) is 0.800. The summed E-state index contributed by atoms with van der Waals surface area (Å²) in [5.74, 6) is -2.02. The molecule has 3 N–H and O–H groups in total. The molecule has 0 rings (SSSR count). The maximum atomic E-state index is 11.3. The van der Waals surface area contributed by atoms with Gasteiger partial charge in [0.15, 0.2) is 0 Å². The van der Waals surface area contributed by atoms with Crippen molar-refractivity contribution < 1.29 is 19.8 Å². The SMILES string of the molecule is CC(C)(C)C(CC(=O)NCCO)C(=O)O. The topological polar surface area (TPSA) is 86.6 Å². The number of amides is 1. The van der Waals surface area contributed by atoms with E-state index in [2.05, 4.69) is 5.32 Å². The van der Waals surface area contributed by atoms with E-state index in [9.17, 15) is 9.59 Å². The zero-order chi connectivity index (χ0) is 12.1. The van der Waals surface area contributed by atoms with Crippen molar-refractivity contribution in [2.45, 2.75) is 27.2 Å². The molecule has 1 atom stereocenters. The molecule has 0 aliphatic carbocycles. The van der Waals surface area contributed by atoms with Gasteiger partial charge in [0, 0.05) is 13.0 Å². The predicted octanol–water partition coefficient (Wildman–Crippen LogP) is 0.232. The monoisotopic (exact) mass is 217 g/mol. The normalized spacial score (nSPS) is 13.3. The van der Waals surface area contributed by atoms with E-state index < -0.39 is 17.3 Å². The van der Waals surface area contributed by atoms with Crippen LogP contribution in [0, 0.1) is 11.3 Å². The minimum Gasteiger partial charge on any atom is -0.481 e. The molecule has 0 saturated carbocycles. The third-order valence-corrected chi connectivity index (χ3v) is 2.17. The third kappa shape index (κ3) is 5.37. The molecule has 0 spiro atoms. The molecule has 0 aromatic rings. The summed E-state index contributed by atoms with van der Waals surface area (Å²) in [5.41, 5.74) is -0.456. The first-order valence-corrected chi connectivity index (χ1v) is 4.89. The van der Waals surface area contributed by atoms with Crippen LogP contribution in [0.3, 0.4) is 0 Å². The Bertz CT molecular complexity index is 232. The van der Waals surface area contributed by atoms with E-state index in [1.807, 2.05) is 0 Å². The number of aliphatic hydroxyl groups is 1. The van der Waals surface area contributed by atoms with E-state index in [0.29, 0.717) is 0 Å². The summed E-state index contributed by atoms with van der Waals surface area (Å²) in [5, 5.41) is 19.9. The van der Waals surface area contributed by atoms with Crippen molar-refractivity contribution in [3.63, 3.8) is 0 Å². The number of hydrogen-bond donors (Lipinski definition) is 3. The van der Waals surface area contributed by atoms with Gasteiger partial charge in [0.1, 0.15) is 0 Å². The number of carbonyl (C=O) groups excluding carboxylic acids is 1. The highest BCUT2D eigenvalue weighted by Crippen LogP contribution is 2.28. The summed E-state index contributed by atoms with van der Waals surface area (Å²) in [7, 11) is 0. The van der Waals surface area contributed by atoms with Crippen molar-refractivity contribution in [1.82, 2.24) is 5.32 Å². The Morgan fingerprint density at radius 3 is 2.20 bits per heavy atom. The molecule has 0 heterocycles. The predicted molar refractivity (Wildman–Crippen MR) is 55.3 cm³/mol. The van der Waals surface area contributed by atoms with Crippen LogP contribution >= 0.6 is 0 Å². The lowest BCUT2D eigenvalue weighted by molar-refractivity contribution is -0.148. The molecule has 1 amide bonds. The minimum atomic E-state index is -0.971. The van der Waals surface area contributed by atoms with Crippen molar-refractivity contribution in [3.8, 4) is 0 Å². The summed E-state index contributed by atoms with van der Waals surface area (Å²) in [6, 6.07) is 0. The van der Waals surface area contributed by atoms with Crippen LogP contribution in [0.1, 0.15) is 27.2 Å². The Labute approximate surface area is 89.5 Å². The van der Waals surface area contributed by atoms with Crippen LogP contribution in [0.2, 0.25) is 0 Å². The Morgan fingerprint density at radius 1 is 1.33 bits per heavy atom. The molecule has 0 radical (unpaired) electrons. The highest BCUT2D eigenvalue weighted by atomic mass is 16.4. The van der Waals surface area contributed by atoms with Crippen molar-refractivity contribution in [1.29, 1.82) is 0 Å². The van der Waals surface area contributed by atoms with Gasteiger partial charge < -0.3 is 15.5 Å². The zero-order valence-corrected chi connectivity index (χ0v) is 9.41. The number of carboxylic acid groups (broad SMARTS) is 1. The van der Waals surface area contributed by atoms with Crippen molar-refractivity contribution in [2.75, 3.05) is 13.2 Å². The molecular formula is C10H19NO4. The van der Waals surface area contributed by atoms with Crippen LogP contribution in [0.5, 0.6) is 0 Å². The van der Waals surface area contributed by atoms with Gasteiger partial charge in [-0.05, 0) is 5.41 Å². The summed E-state index contributed by atoms with van der Waals surface area (Å²) >= 11 is 0. The summed E-state index contributed by atoms with van der Waals surface area (Å²) < 4.78 is 0. The number of rotatable bonds is 5. The lowest BCUT2D eigenvalue weighted by Crippen LogP contribution is -2.35. The Morgan fingerprint density at radius 2 is 1.87 bits per heavy atom. The molecule has 0 aliphatic heterocycles. The number of aliphatic hydroxyl groups excluding tert-OH is 1. The van der Waals surface area contributed by atoms with Crippen LogP contribution in [-0.4, -0.2) is 35.2 Å². The molecule has 88 valence electrons. The maximum Gasteiger partial charge on any atom is 0.307 e. The van der Waals surface area contributed by atoms with Gasteiger partial charge in [-0.25, -0.2) is 0 Å². The molecule has 0 bridgehead atoms. The standard InChI is InChI=1S/C10H19NO4/c1-10(2,3)7(9(14)15)6-8(13)11-4-5-12/h7,12H,4-6H2,1-3H3,(H,11,13)(H,14,15). The quantitative estimate of drug-likeness (QED) is 0.615.